The maximum absolute atomic E-state index is 11.0. The molecule has 0 aliphatic rings. The third-order valence-corrected chi connectivity index (χ3v) is 3.01. The van der Waals surface area contributed by atoms with Gasteiger partial charge in [-0.05, 0) is 11.0 Å². The molecule has 0 atom stereocenters. The van der Waals surface area contributed by atoms with Gasteiger partial charge in [0.05, 0.1) is 24.9 Å². The fourth-order valence-electron chi connectivity index (χ4n) is 1.78. The van der Waals surface area contributed by atoms with Gasteiger partial charge in [0.1, 0.15) is 11.5 Å². The molecule has 0 aliphatic heterocycles. The van der Waals surface area contributed by atoms with Gasteiger partial charge < -0.3 is 24.9 Å². The first-order valence-electron chi connectivity index (χ1n) is 5.85. The van der Waals surface area contributed by atoms with E-state index in [1.807, 2.05) is 0 Å². The van der Waals surface area contributed by atoms with E-state index in [4.69, 9.17) is 21.1 Å². The number of methoxy groups -OCH3 is 2. The van der Waals surface area contributed by atoms with E-state index in [0.29, 0.717) is 28.0 Å². The van der Waals surface area contributed by atoms with E-state index in [-0.39, 0.29) is 11.6 Å². The summed E-state index contributed by atoms with van der Waals surface area (Å²) in [7, 11) is 2.95. The Bertz CT molecular complexity index is 686. The number of aryl methyl sites for hydroxylation is 1. The van der Waals surface area contributed by atoms with E-state index in [0.717, 1.165) is 0 Å². The molecule has 2 N–H and O–H groups in total. The second-order valence-electron chi connectivity index (χ2n) is 4.09. The number of H-pyrrole nitrogens is 1. The van der Waals surface area contributed by atoms with Crippen LogP contribution < -0.4 is 14.8 Å². The van der Waals surface area contributed by atoms with Crippen LogP contribution in [-0.2, 0) is 0 Å². The van der Waals surface area contributed by atoms with Crippen molar-refractivity contribution in [1.82, 2.24) is 9.97 Å². The molecule has 0 spiro atoms. The fraction of sp³-hybridized carbons (Fsp3) is 0.250. The van der Waals surface area contributed by atoms with Crippen LogP contribution in [0.3, 0.4) is 0 Å². The van der Waals surface area contributed by atoms with Gasteiger partial charge in [0.15, 0.2) is 5.82 Å². The summed E-state index contributed by atoms with van der Waals surface area (Å²) in [6, 6.07) is 3.13. The van der Waals surface area contributed by atoms with Crippen molar-refractivity contribution in [2.24, 2.45) is 0 Å². The van der Waals surface area contributed by atoms with Gasteiger partial charge in [0, 0.05) is 13.0 Å². The SMILES string of the molecule is COc1cc(OC)c(Nc2nc(C)[nH]c2[N+](=O)[O-])cc1Cl. The Balaban J connectivity index is 2.44. The summed E-state index contributed by atoms with van der Waals surface area (Å²) < 4.78 is 10.3. The van der Waals surface area contributed by atoms with E-state index in [2.05, 4.69) is 15.3 Å². The number of hydrogen-bond acceptors (Lipinski definition) is 6. The van der Waals surface area contributed by atoms with Crippen LogP contribution >= 0.6 is 11.6 Å². The van der Waals surface area contributed by atoms with Crippen LogP contribution in [0.4, 0.5) is 17.3 Å². The highest BCUT2D eigenvalue weighted by atomic mass is 35.5. The molecule has 0 saturated carbocycles. The highest BCUT2D eigenvalue weighted by Gasteiger charge is 2.20. The Labute approximate surface area is 125 Å². The Morgan fingerprint density at radius 1 is 1.33 bits per heavy atom. The molecule has 21 heavy (non-hydrogen) atoms. The minimum atomic E-state index is -0.556. The zero-order valence-electron chi connectivity index (χ0n) is 11.6. The van der Waals surface area contributed by atoms with Crippen LogP contribution in [0.15, 0.2) is 12.1 Å². The lowest BCUT2D eigenvalue weighted by Gasteiger charge is -2.12. The molecular formula is C12H13ClN4O4. The van der Waals surface area contributed by atoms with Gasteiger partial charge in [-0.3, -0.25) is 0 Å². The van der Waals surface area contributed by atoms with Crippen LogP contribution in [0, 0.1) is 17.0 Å². The van der Waals surface area contributed by atoms with Gasteiger partial charge in [-0.2, -0.15) is 4.98 Å². The van der Waals surface area contributed by atoms with Crippen LogP contribution in [0.1, 0.15) is 5.82 Å². The zero-order chi connectivity index (χ0) is 15.6. The van der Waals surface area contributed by atoms with Gasteiger partial charge in [-0.25, -0.2) is 4.98 Å². The number of rotatable bonds is 5. The van der Waals surface area contributed by atoms with Crippen molar-refractivity contribution in [1.29, 1.82) is 0 Å². The van der Waals surface area contributed by atoms with Crippen molar-refractivity contribution in [3.63, 3.8) is 0 Å². The minimum absolute atomic E-state index is 0.0806. The molecule has 0 unspecified atom stereocenters. The third kappa shape index (κ3) is 3.00. The van der Waals surface area contributed by atoms with Gasteiger partial charge in [0.2, 0.25) is 5.82 Å². The monoisotopic (exact) mass is 312 g/mol. The first-order valence-corrected chi connectivity index (χ1v) is 6.23. The Morgan fingerprint density at radius 3 is 2.57 bits per heavy atom. The van der Waals surface area contributed by atoms with Gasteiger partial charge in [-0.1, -0.05) is 11.6 Å². The van der Waals surface area contributed by atoms with Crippen molar-refractivity contribution in [3.05, 3.63) is 33.1 Å². The number of anilines is 2. The lowest BCUT2D eigenvalue weighted by molar-refractivity contribution is -0.388. The van der Waals surface area contributed by atoms with Crippen molar-refractivity contribution in [2.45, 2.75) is 6.92 Å². The number of ether oxygens (including phenoxy) is 2. The average Bonchev–Trinajstić information content (AvgIpc) is 2.80. The summed E-state index contributed by atoms with van der Waals surface area (Å²) in [5.41, 5.74) is 0.443. The van der Waals surface area contributed by atoms with Gasteiger partial charge in [-0.15, -0.1) is 0 Å². The topological polar surface area (TPSA) is 102 Å². The number of benzene rings is 1. The second-order valence-corrected chi connectivity index (χ2v) is 4.50. The van der Waals surface area contributed by atoms with E-state index in [1.54, 1.807) is 19.1 Å². The standard InChI is InChI=1S/C12H13ClN4O4/c1-6-14-11(12(15-6)17(18)19)16-8-4-7(13)9(20-2)5-10(8)21-3/h4-5,16H,1-3H3,(H,14,15). The van der Waals surface area contributed by atoms with Gasteiger partial charge >= 0.3 is 5.82 Å². The van der Waals surface area contributed by atoms with Gasteiger partial charge in [0.25, 0.3) is 0 Å². The van der Waals surface area contributed by atoms with E-state index in [1.165, 1.54) is 14.2 Å². The van der Waals surface area contributed by atoms with Crippen molar-refractivity contribution in [2.75, 3.05) is 19.5 Å². The quantitative estimate of drug-likeness (QED) is 0.650. The molecule has 0 aliphatic carbocycles. The molecule has 112 valence electrons. The molecule has 1 aromatic heterocycles. The third-order valence-electron chi connectivity index (χ3n) is 2.71. The number of aromatic nitrogens is 2. The summed E-state index contributed by atoms with van der Waals surface area (Å²) in [5.74, 6) is 1.12. The highest BCUT2D eigenvalue weighted by Crippen LogP contribution is 2.38. The molecule has 2 rings (SSSR count). The molecule has 1 aromatic carbocycles. The molecule has 0 saturated heterocycles. The number of halogens is 1. The lowest BCUT2D eigenvalue weighted by atomic mass is 10.2. The Morgan fingerprint density at radius 2 is 2.00 bits per heavy atom. The average molecular weight is 313 g/mol. The molecule has 9 heteroatoms. The highest BCUT2D eigenvalue weighted by molar-refractivity contribution is 6.32. The maximum atomic E-state index is 11.0. The normalized spacial score (nSPS) is 10.3. The minimum Gasteiger partial charge on any atom is -0.495 e. The van der Waals surface area contributed by atoms with Crippen LogP contribution in [0.25, 0.3) is 0 Å². The number of imidazole rings is 1. The first kappa shape index (κ1) is 14.9. The number of aromatic amines is 1. The molecule has 0 radical (unpaired) electrons. The summed E-state index contributed by atoms with van der Waals surface area (Å²) in [6.45, 7) is 1.62. The number of nitro groups is 1. The van der Waals surface area contributed by atoms with E-state index in [9.17, 15) is 10.1 Å². The molecule has 2 aromatic rings. The molecule has 8 nitrogen and oxygen atoms in total. The molecule has 0 fully saturated rings. The summed E-state index contributed by atoms with van der Waals surface area (Å²) in [6.07, 6.45) is 0. The zero-order valence-corrected chi connectivity index (χ0v) is 12.3. The molecule has 0 amide bonds. The summed E-state index contributed by atoms with van der Waals surface area (Å²) in [4.78, 5) is 17.0. The molecule has 0 bridgehead atoms. The van der Waals surface area contributed by atoms with E-state index < -0.39 is 4.92 Å². The smallest absolute Gasteiger partial charge is 0.365 e. The lowest BCUT2D eigenvalue weighted by Crippen LogP contribution is -1.99. The van der Waals surface area contributed by atoms with Crippen LogP contribution in [0.5, 0.6) is 11.5 Å². The predicted molar refractivity (Wildman–Crippen MR) is 77.8 cm³/mol. The summed E-state index contributed by atoms with van der Waals surface area (Å²) in [5, 5.41) is 14.1. The summed E-state index contributed by atoms with van der Waals surface area (Å²) >= 11 is 6.05. The molecule has 1 heterocycles. The second kappa shape index (κ2) is 5.88. The Kier molecular flexibility index (Phi) is 4.18. The molecular weight excluding hydrogens is 300 g/mol. The van der Waals surface area contributed by atoms with Crippen molar-refractivity contribution < 1.29 is 14.4 Å². The number of nitrogens with zero attached hydrogens (tertiary/aromatic N) is 2. The fourth-order valence-corrected chi connectivity index (χ4v) is 2.02. The van der Waals surface area contributed by atoms with Crippen molar-refractivity contribution >= 4 is 28.9 Å². The van der Waals surface area contributed by atoms with Crippen molar-refractivity contribution in [3.8, 4) is 11.5 Å². The number of nitrogens with one attached hydrogen (secondary N) is 2. The van der Waals surface area contributed by atoms with E-state index >= 15 is 0 Å². The van der Waals surface area contributed by atoms with Crippen LogP contribution in [0.2, 0.25) is 5.02 Å². The maximum Gasteiger partial charge on any atom is 0.365 e. The largest absolute Gasteiger partial charge is 0.495 e. The first-order chi connectivity index (χ1) is 9.96. The van der Waals surface area contributed by atoms with Crippen LogP contribution in [-0.4, -0.2) is 29.1 Å². The predicted octanol–water partition coefficient (Wildman–Crippen LogP) is 3.04. The number of hydrogen-bond donors (Lipinski definition) is 2. The Hall–Kier alpha value is -2.48.